The molecule has 0 saturated carbocycles. The van der Waals surface area contributed by atoms with Gasteiger partial charge in [0, 0.05) is 5.69 Å². The number of fused-ring (bicyclic) bond motifs is 1. The van der Waals surface area contributed by atoms with E-state index in [0.29, 0.717) is 16.6 Å². The molecule has 1 aromatic heterocycles. The van der Waals surface area contributed by atoms with Crippen molar-refractivity contribution >= 4 is 28.5 Å². The molecule has 0 aliphatic rings. The zero-order valence-electron chi connectivity index (χ0n) is 14.7. The number of aromatic nitrogens is 3. The fourth-order valence-electron chi connectivity index (χ4n) is 2.61. The Hall–Kier alpha value is -3.55. The van der Waals surface area contributed by atoms with Gasteiger partial charge in [0.1, 0.15) is 18.6 Å². The van der Waals surface area contributed by atoms with Crippen LogP contribution in [0.1, 0.15) is 6.92 Å². The minimum absolute atomic E-state index is 0.214. The third kappa shape index (κ3) is 4.17. The van der Waals surface area contributed by atoms with Crippen LogP contribution in [0.2, 0.25) is 0 Å². The molecule has 8 heteroatoms. The van der Waals surface area contributed by atoms with E-state index >= 15 is 0 Å². The minimum atomic E-state index is -0.536. The molecular weight excluding hydrogens is 348 g/mol. The van der Waals surface area contributed by atoms with Gasteiger partial charge in [0.05, 0.1) is 12.0 Å². The van der Waals surface area contributed by atoms with E-state index in [4.69, 9.17) is 4.74 Å². The largest absolute Gasteiger partial charge is 0.465 e. The molecule has 3 aromatic rings. The Bertz CT molecular complexity index is 1020. The number of ether oxygens (including phenoxy) is 1. The van der Waals surface area contributed by atoms with Gasteiger partial charge in [-0.05, 0) is 31.2 Å². The van der Waals surface area contributed by atoms with Crippen LogP contribution >= 0.6 is 0 Å². The molecule has 2 aromatic carbocycles. The lowest BCUT2D eigenvalue weighted by Gasteiger charge is -2.22. The van der Waals surface area contributed by atoms with Crippen molar-refractivity contribution in [1.29, 1.82) is 0 Å². The highest BCUT2D eigenvalue weighted by molar-refractivity contribution is 5.97. The van der Waals surface area contributed by atoms with E-state index in [1.165, 1.54) is 4.90 Å². The fraction of sp³-hybridized carbons (Fsp3) is 0.211. The first-order valence-electron chi connectivity index (χ1n) is 8.43. The number of hydrogen-bond acceptors (Lipinski definition) is 6. The highest BCUT2D eigenvalue weighted by atomic mass is 16.5. The fourth-order valence-corrected chi connectivity index (χ4v) is 2.61. The van der Waals surface area contributed by atoms with Gasteiger partial charge in [-0.1, -0.05) is 35.5 Å². The summed E-state index contributed by atoms with van der Waals surface area (Å²) in [6.07, 6.45) is 0. The standard InChI is InChI=1S/C19H18N4O4/c1-2-27-18(25)13-22(14-8-4-3-5-9-14)17(24)12-23-19(26)15-10-6-7-11-16(15)20-21-23/h3-11H,2,12-13H2,1H3. The molecule has 8 nitrogen and oxygen atoms in total. The molecule has 0 radical (unpaired) electrons. The molecule has 0 aliphatic heterocycles. The number of esters is 1. The van der Waals surface area contributed by atoms with Gasteiger partial charge in [0.25, 0.3) is 5.56 Å². The molecule has 0 N–H and O–H groups in total. The zero-order valence-corrected chi connectivity index (χ0v) is 14.7. The number of rotatable bonds is 6. The van der Waals surface area contributed by atoms with Gasteiger partial charge in [-0.25, -0.2) is 4.68 Å². The second-order valence-electron chi connectivity index (χ2n) is 5.69. The minimum Gasteiger partial charge on any atom is -0.465 e. The van der Waals surface area contributed by atoms with Crippen molar-refractivity contribution in [2.75, 3.05) is 18.1 Å². The van der Waals surface area contributed by atoms with Crippen LogP contribution in [0.4, 0.5) is 5.69 Å². The van der Waals surface area contributed by atoms with Crippen molar-refractivity contribution in [1.82, 2.24) is 15.0 Å². The summed E-state index contributed by atoms with van der Waals surface area (Å²) in [4.78, 5) is 38.6. The summed E-state index contributed by atoms with van der Waals surface area (Å²) in [5.74, 6) is -1.01. The van der Waals surface area contributed by atoms with Crippen LogP contribution in [-0.2, 0) is 20.9 Å². The third-order valence-electron chi connectivity index (χ3n) is 3.88. The summed E-state index contributed by atoms with van der Waals surface area (Å²) >= 11 is 0. The molecule has 0 bridgehead atoms. The average Bonchev–Trinajstić information content (AvgIpc) is 2.69. The average molecular weight is 366 g/mol. The van der Waals surface area contributed by atoms with Crippen molar-refractivity contribution in [3.8, 4) is 0 Å². The SMILES string of the molecule is CCOC(=O)CN(C(=O)Cn1nnc2ccccc2c1=O)c1ccccc1. The smallest absolute Gasteiger partial charge is 0.326 e. The first-order chi connectivity index (χ1) is 13.1. The number of anilines is 1. The summed E-state index contributed by atoms with van der Waals surface area (Å²) in [5.41, 5.74) is 0.563. The van der Waals surface area contributed by atoms with Crippen molar-refractivity contribution in [2.24, 2.45) is 0 Å². The molecule has 138 valence electrons. The van der Waals surface area contributed by atoms with Gasteiger partial charge >= 0.3 is 5.97 Å². The lowest BCUT2D eigenvalue weighted by Crippen LogP contribution is -2.41. The maximum Gasteiger partial charge on any atom is 0.326 e. The summed E-state index contributed by atoms with van der Waals surface area (Å²) in [6.45, 7) is 1.31. The number of carbonyl (C=O) groups excluding carboxylic acids is 2. The highest BCUT2D eigenvalue weighted by Crippen LogP contribution is 2.14. The van der Waals surface area contributed by atoms with Gasteiger partial charge < -0.3 is 4.74 Å². The molecule has 0 fully saturated rings. The van der Waals surface area contributed by atoms with E-state index < -0.39 is 17.4 Å². The number of amides is 1. The molecular formula is C19H18N4O4. The molecule has 1 heterocycles. The summed E-state index contributed by atoms with van der Waals surface area (Å²) in [5, 5.41) is 8.17. The Kier molecular flexibility index (Phi) is 5.55. The van der Waals surface area contributed by atoms with Crippen LogP contribution in [0.3, 0.4) is 0 Å². The summed E-state index contributed by atoms with van der Waals surface area (Å²) < 4.78 is 5.94. The molecule has 27 heavy (non-hydrogen) atoms. The first-order valence-corrected chi connectivity index (χ1v) is 8.43. The van der Waals surface area contributed by atoms with Crippen LogP contribution in [-0.4, -0.2) is 40.0 Å². The Morgan fingerprint density at radius 1 is 1.07 bits per heavy atom. The second kappa shape index (κ2) is 8.22. The van der Waals surface area contributed by atoms with E-state index in [1.54, 1.807) is 61.5 Å². The van der Waals surface area contributed by atoms with Crippen LogP contribution in [0.5, 0.6) is 0 Å². The number of carbonyl (C=O) groups is 2. The normalized spacial score (nSPS) is 10.6. The molecule has 3 rings (SSSR count). The number of benzene rings is 2. The molecule has 0 aliphatic carbocycles. The molecule has 0 unspecified atom stereocenters. The van der Waals surface area contributed by atoms with Crippen molar-refractivity contribution in [2.45, 2.75) is 13.5 Å². The number of nitrogens with zero attached hydrogens (tertiary/aromatic N) is 4. The Morgan fingerprint density at radius 3 is 2.52 bits per heavy atom. The monoisotopic (exact) mass is 366 g/mol. The third-order valence-corrected chi connectivity index (χ3v) is 3.88. The lowest BCUT2D eigenvalue weighted by atomic mass is 10.2. The van der Waals surface area contributed by atoms with E-state index in [9.17, 15) is 14.4 Å². The van der Waals surface area contributed by atoms with Gasteiger partial charge in [0.15, 0.2) is 0 Å². The molecule has 0 atom stereocenters. The number of para-hydroxylation sites is 1. The van der Waals surface area contributed by atoms with Crippen LogP contribution < -0.4 is 10.5 Å². The summed E-state index contributed by atoms with van der Waals surface area (Å²) in [6, 6.07) is 15.5. The predicted molar refractivity (Wildman–Crippen MR) is 99.2 cm³/mol. The van der Waals surface area contributed by atoms with Crippen molar-refractivity contribution in [3.63, 3.8) is 0 Å². The van der Waals surface area contributed by atoms with E-state index in [0.717, 1.165) is 4.68 Å². The Labute approximate surface area is 155 Å². The second-order valence-corrected chi connectivity index (χ2v) is 5.69. The quantitative estimate of drug-likeness (QED) is 0.612. The van der Waals surface area contributed by atoms with E-state index in [2.05, 4.69) is 10.3 Å². The first kappa shape index (κ1) is 18.2. The Morgan fingerprint density at radius 2 is 1.78 bits per heavy atom. The van der Waals surface area contributed by atoms with Crippen molar-refractivity contribution in [3.05, 3.63) is 65.0 Å². The van der Waals surface area contributed by atoms with Crippen LogP contribution in [0.25, 0.3) is 10.9 Å². The maximum absolute atomic E-state index is 12.8. The molecule has 0 spiro atoms. The van der Waals surface area contributed by atoms with Gasteiger partial charge in [-0.15, -0.1) is 5.10 Å². The lowest BCUT2D eigenvalue weighted by molar-refractivity contribution is -0.142. The van der Waals surface area contributed by atoms with Gasteiger partial charge in [-0.3, -0.25) is 19.3 Å². The molecule has 1 amide bonds. The van der Waals surface area contributed by atoms with Crippen molar-refractivity contribution < 1.29 is 14.3 Å². The predicted octanol–water partition coefficient (Wildman–Crippen LogP) is 1.39. The van der Waals surface area contributed by atoms with Gasteiger partial charge in [0.2, 0.25) is 5.91 Å². The molecule has 0 saturated heterocycles. The highest BCUT2D eigenvalue weighted by Gasteiger charge is 2.21. The van der Waals surface area contributed by atoms with Crippen LogP contribution in [0, 0.1) is 0 Å². The summed E-state index contributed by atoms with van der Waals surface area (Å²) in [7, 11) is 0. The van der Waals surface area contributed by atoms with E-state index in [-0.39, 0.29) is 19.7 Å². The maximum atomic E-state index is 12.8. The zero-order chi connectivity index (χ0) is 19.2. The van der Waals surface area contributed by atoms with Gasteiger partial charge in [-0.2, -0.15) is 0 Å². The number of hydrogen-bond donors (Lipinski definition) is 0. The van der Waals surface area contributed by atoms with Crippen LogP contribution in [0.15, 0.2) is 59.4 Å². The van der Waals surface area contributed by atoms with E-state index in [1.807, 2.05) is 0 Å². The topological polar surface area (TPSA) is 94.4 Å². The Balaban J connectivity index is 1.89.